The third kappa shape index (κ3) is 7.06. The van der Waals surface area contributed by atoms with Crippen molar-refractivity contribution in [2.45, 2.75) is 19.4 Å². The second-order valence-corrected chi connectivity index (χ2v) is 18.4. The van der Waals surface area contributed by atoms with E-state index in [2.05, 4.69) is 249 Å². The van der Waals surface area contributed by atoms with Crippen LogP contribution in [-0.2, 0) is 5.60 Å². The van der Waals surface area contributed by atoms with Crippen molar-refractivity contribution in [3.63, 3.8) is 0 Å². The van der Waals surface area contributed by atoms with Gasteiger partial charge in [-0.05, 0) is 93.9 Å². The van der Waals surface area contributed by atoms with E-state index >= 15 is 0 Å². The Hall–Kier alpha value is -8.93. The van der Waals surface area contributed by atoms with Gasteiger partial charge in [-0.2, -0.15) is 0 Å². The maximum absolute atomic E-state index is 6.62. The molecule has 326 valence electrons. The van der Waals surface area contributed by atoms with Crippen LogP contribution >= 0.6 is 0 Å². The minimum absolute atomic E-state index is 0.434. The van der Waals surface area contributed by atoms with Gasteiger partial charge in [0.25, 0.3) is 0 Å². The summed E-state index contributed by atoms with van der Waals surface area (Å²) in [5, 5.41) is 4.93. The molecule has 3 heterocycles. The molecule has 12 aromatic rings. The molecule has 0 saturated heterocycles. The van der Waals surface area contributed by atoms with Gasteiger partial charge in [0, 0.05) is 44.3 Å². The molecule has 0 spiro atoms. The summed E-state index contributed by atoms with van der Waals surface area (Å²) >= 11 is 0. The van der Waals surface area contributed by atoms with E-state index in [4.69, 9.17) is 19.7 Å². The molecular weight excluding hydrogens is 841 g/mol. The molecule has 0 fully saturated rings. The largest absolute Gasteiger partial charge is 0.482 e. The number of nitrogens with zero attached hydrogens (tertiary/aromatic N) is 4. The van der Waals surface area contributed by atoms with Crippen LogP contribution in [0.5, 0.6) is 5.75 Å². The van der Waals surface area contributed by atoms with E-state index in [0.29, 0.717) is 17.5 Å². The van der Waals surface area contributed by atoms with Crippen molar-refractivity contribution in [3.05, 3.63) is 236 Å². The quantitative estimate of drug-likeness (QED) is 0.160. The number of aromatic nitrogens is 4. The van der Waals surface area contributed by atoms with E-state index in [1.165, 1.54) is 49.3 Å². The first-order valence-corrected chi connectivity index (χ1v) is 23.5. The summed E-state index contributed by atoms with van der Waals surface area (Å²) < 4.78 is 8.98. The fourth-order valence-corrected chi connectivity index (χ4v) is 10.3. The summed E-state index contributed by atoms with van der Waals surface area (Å²) in [7, 11) is 0. The van der Waals surface area contributed by atoms with Crippen LogP contribution in [0.15, 0.2) is 231 Å². The van der Waals surface area contributed by atoms with Crippen molar-refractivity contribution in [2.24, 2.45) is 0 Å². The van der Waals surface area contributed by atoms with Gasteiger partial charge in [0.1, 0.15) is 11.4 Å². The summed E-state index contributed by atoms with van der Waals surface area (Å²) in [5.41, 5.74) is 16.0. The fourth-order valence-electron chi connectivity index (χ4n) is 10.3. The number of para-hydroxylation sites is 2. The third-order valence-electron chi connectivity index (χ3n) is 13.7. The van der Waals surface area contributed by atoms with Crippen LogP contribution in [0.1, 0.15) is 19.4 Å². The van der Waals surface area contributed by atoms with Gasteiger partial charge in [-0.25, -0.2) is 15.0 Å². The smallest absolute Gasteiger partial charge is 0.164 e. The lowest BCUT2D eigenvalue weighted by atomic mass is 9.85. The Kier molecular flexibility index (Phi) is 9.44. The van der Waals surface area contributed by atoms with E-state index in [9.17, 15) is 0 Å². The maximum atomic E-state index is 6.62. The molecule has 0 bridgehead atoms. The van der Waals surface area contributed by atoms with Crippen LogP contribution in [-0.4, -0.2) is 19.5 Å². The first-order valence-electron chi connectivity index (χ1n) is 23.5. The number of hydrogen-bond acceptors (Lipinski definition) is 4. The Morgan fingerprint density at radius 2 is 0.812 bits per heavy atom. The molecule has 1 aliphatic rings. The summed E-state index contributed by atoms with van der Waals surface area (Å²) in [5.74, 6) is 2.72. The van der Waals surface area contributed by atoms with E-state index in [1.54, 1.807) is 0 Å². The molecule has 1 aliphatic heterocycles. The molecule has 0 atom stereocenters. The van der Waals surface area contributed by atoms with Crippen molar-refractivity contribution < 1.29 is 4.74 Å². The normalized spacial score (nSPS) is 12.7. The molecule has 13 rings (SSSR count). The SMILES string of the molecule is CC1(C)Oc2cc(-c3ccc(-c4nc(-c5ccc(-c6cccc(-n7c8ccccc8c8ccccc87)c6)cc5)nc(-c5ccc(-c6cccc7ccccc67)cc5)n4)cc3)ccc2-c2ccccc21. The number of rotatable bonds is 7. The summed E-state index contributed by atoms with van der Waals surface area (Å²) in [6.07, 6.45) is 0. The molecular formula is C64H44N4O. The van der Waals surface area contributed by atoms with E-state index in [-0.39, 0.29) is 0 Å². The monoisotopic (exact) mass is 884 g/mol. The number of benzene rings is 10. The standard InChI is InChI=1S/C64H44N4O/c1-64(2)57-22-8-5-18-53(57)56-38-37-49(40-60(56)69-64)42-27-33-46(34-28-42)62-65-61(66-63(67-62)47-35-29-44(30-36-47)52-21-12-14-43-13-3-4-17-51(43)52)45-31-25-41(26-32-45)48-15-11-16-50(39-48)68-58-23-9-6-19-54(58)55-20-7-10-24-59(55)68/h3-40H,1-2H3. The Bertz CT molecular complexity index is 3880. The molecule has 0 amide bonds. The van der Waals surface area contributed by atoms with Gasteiger partial charge in [-0.15, -0.1) is 0 Å². The summed E-state index contributed by atoms with van der Waals surface area (Å²) in [4.78, 5) is 15.5. The first-order chi connectivity index (χ1) is 33.9. The lowest BCUT2D eigenvalue weighted by Gasteiger charge is -2.35. The van der Waals surface area contributed by atoms with Crippen molar-refractivity contribution in [3.8, 4) is 90.1 Å². The van der Waals surface area contributed by atoms with Gasteiger partial charge in [0.15, 0.2) is 17.5 Å². The highest BCUT2D eigenvalue weighted by atomic mass is 16.5. The van der Waals surface area contributed by atoms with Crippen molar-refractivity contribution in [2.75, 3.05) is 0 Å². The van der Waals surface area contributed by atoms with Gasteiger partial charge in [0.2, 0.25) is 0 Å². The molecule has 10 aromatic carbocycles. The zero-order valence-corrected chi connectivity index (χ0v) is 38.1. The van der Waals surface area contributed by atoms with Gasteiger partial charge in [0.05, 0.1) is 11.0 Å². The zero-order chi connectivity index (χ0) is 46.1. The van der Waals surface area contributed by atoms with E-state index in [1.807, 2.05) is 0 Å². The Morgan fingerprint density at radius 1 is 0.348 bits per heavy atom. The second-order valence-electron chi connectivity index (χ2n) is 18.4. The average molecular weight is 885 g/mol. The summed E-state index contributed by atoms with van der Waals surface area (Å²) in [6, 6.07) is 81.7. The number of fused-ring (bicyclic) bond motifs is 7. The molecule has 5 nitrogen and oxygen atoms in total. The Balaban J connectivity index is 0.863. The number of hydrogen-bond donors (Lipinski definition) is 0. The van der Waals surface area contributed by atoms with Gasteiger partial charge in [-0.3, -0.25) is 0 Å². The minimum Gasteiger partial charge on any atom is -0.482 e. The van der Waals surface area contributed by atoms with Crippen molar-refractivity contribution in [1.29, 1.82) is 0 Å². The minimum atomic E-state index is -0.434. The number of ether oxygens (including phenoxy) is 1. The highest BCUT2D eigenvalue weighted by Crippen LogP contribution is 2.46. The highest BCUT2D eigenvalue weighted by Gasteiger charge is 2.32. The third-order valence-corrected chi connectivity index (χ3v) is 13.7. The molecule has 2 aromatic heterocycles. The lowest BCUT2D eigenvalue weighted by molar-refractivity contribution is 0.106. The molecule has 0 aliphatic carbocycles. The van der Waals surface area contributed by atoms with Crippen LogP contribution in [0.25, 0.3) is 117 Å². The Labute approximate surface area is 400 Å². The van der Waals surface area contributed by atoms with Crippen molar-refractivity contribution in [1.82, 2.24) is 19.5 Å². The van der Waals surface area contributed by atoms with Crippen LogP contribution in [0.4, 0.5) is 0 Å². The van der Waals surface area contributed by atoms with Crippen LogP contribution in [0.3, 0.4) is 0 Å². The van der Waals surface area contributed by atoms with Crippen LogP contribution in [0.2, 0.25) is 0 Å². The predicted molar refractivity (Wildman–Crippen MR) is 283 cm³/mol. The first kappa shape index (κ1) is 40.4. The van der Waals surface area contributed by atoms with Gasteiger partial charge >= 0.3 is 0 Å². The Morgan fingerprint density at radius 3 is 1.45 bits per heavy atom. The molecule has 0 saturated carbocycles. The second kappa shape index (κ2) is 16.1. The molecule has 0 unspecified atom stereocenters. The van der Waals surface area contributed by atoms with Crippen molar-refractivity contribution >= 4 is 32.6 Å². The topological polar surface area (TPSA) is 52.8 Å². The van der Waals surface area contributed by atoms with E-state index < -0.39 is 5.60 Å². The van der Waals surface area contributed by atoms with Gasteiger partial charge in [-0.1, -0.05) is 200 Å². The lowest BCUT2D eigenvalue weighted by Crippen LogP contribution is -2.29. The van der Waals surface area contributed by atoms with Crippen LogP contribution in [0, 0.1) is 0 Å². The van der Waals surface area contributed by atoms with E-state index in [0.717, 1.165) is 61.5 Å². The maximum Gasteiger partial charge on any atom is 0.164 e. The molecule has 0 radical (unpaired) electrons. The zero-order valence-electron chi connectivity index (χ0n) is 38.1. The molecule has 69 heavy (non-hydrogen) atoms. The molecule has 5 heteroatoms. The summed E-state index contributed by atoms with van der Waals surface area (Å²) in [6.45, 7) is 4.27. The predicted octanol–water partition coefficient (Wildman–Crippen LogP) is 16.4. The van der Waals surface area contributed by atoms with Gasteiger partial charge < -0.3 is 9.30 Å². The average Bonchev–Trinajstić information content (AvgIpc) is 3.75. The van der Waals surface area contributed by atoms with Crippen LogP contribution < -0.4 is 4.74 Å². The highest BCUT2D eigenvalue weighted by molar-refractivity contribution is 6.09. The fraction of sp³-hybridized carbons (Fsp3) is 0.0469. The molecule has 0 N–H and O–H groups in total.